The Morgan fingerprint density at radius 2 is 2.12 bits per heavy atom. The Hall–Kier alpha value is -1.73. The average molecular weight is 370 g/mol. The molecule has 2 atom stereocenters. The van der Waals surface area contributed by atoms with Crippen molar-refractivity contribution in [2.75, 3.05) is 26.0 Å². The first kappa shape index (κ1) is 15.8. The number of ether oxygens (including phenoxy) is 1. The molecule has 128 valence electrons. The summed E-state index contributed by atoms with van der Waals surface area (Å²) in [4.78, 5) is 14.3. The van der Waals surface area contributed by atoms with Crippen molar-refractivity contribution in [3.8, 4) is 5.75 Å². The molecule has 1 amide bonds. The minimum absolute atomic E-state index is 0.0345. The maximum absolute atomic E-state index is 12.7. The topological polar surface area (TPSA) is 76.8 Å². The minimum atomic E-state index is -3.08. The van der Waals surface area contributed by atoms with Crippen molar-refractivity contribution < 1.29 is 22.4 Å². The van der Waals surface area contributed by atoms with Crippen LogP contribution in [-0.4, -0.2) is 50.4 Å². The molecule has 2 fully saturated rings. The summed E-state index contributed by atoms with van der Waals surface area (Å²) in [7, 11) is -1.57. The zero-order valence-corrected chi connectivity index (χ0v) is 14.6. The van der Waals surface area contributed by atoms with E-state index in [-0.39, 0.29) is 29.9 Å². The Morgan fingerprint density at radius 1 is 1.33 bits per heavy atom. The molecule has 2 saturated heterocycles. The van der Waals surface area contributed by atoms with Crippen molar-refractivity contribution in [1.29, 1.82) is 0 Å². The van der Waals surface area contributed by atoms with Gasteiger partial charge in [-0.1, -0.05) is 11.6 Å². The van der Waals surface area contributed by atoms with Gasteiger partial charge in [-0.05, 0) is 24.5 Å². The normalized spacial score (nSPS) is 25.2. The molecule has 2 aliphatic heterocycles. The standard InChI is InChI=1S/C16H16ClNO5S/c1-22-12-6-11(17)4-10-5-13(23-15(10)12)16(19)18-7-9-2-3-24(20,21)14(9)8-18/h4-6,9,14H,2-3,7-8H2,1H3/t9-,14+/m0/s1. The van der Waals surface area contributed by atoms with Gasteiger partial charge in [0.25, 0.3) is 5.91 Å². The molecule has 0 spiro atoms. The molecule has 0 N–H and O–H groups in total. The highest BCUT2D eigenvalue weighted by Crippen LogP contribution is 2.36. The number of fused-ring (bicyclic) bond motifs is 2. The fourth-order valence-corrected chi connectivity index (χ4v) is 6.02. The van der Waals surface area contributed by atoms with E-state index in [1.54, 1.807) is 23.1 Å². The second-order valence-electron chi connectivity index (χ2n) is 6.30. The van der Waals surface area contributed by atoms with Gasteiger partial charge in [0.15, 0.2) is 26.9 Å². The Balaban J connectivity index is 1.65. The number of nitrogens with zero attached hydrogens (tertiary/aromatic N) is 1. The predicted molar refractivity (Wildman–Crippen MR) is 89.4 cm³/mol. The number of hydrogen-bond acceptors (Lipinski definition) is 5. The molecule has 24 heavy (non-hydrogen) atoms. The third kappa shape index (κ3) is 2.38. The van der Waals surface area contributed by atoms with Crippen LogP contribution in [0, 0.1) is 5.92 Å². The highest BCUT2D eigenvalue weighted by Gasteiger charge is 2.47. The van der Waals surface area contributed by atoms with Crippen LogP contribution in [0.2, 0.25) is 5.02 Å². The SMILES string of the molecule is COc1cc(Cl)cc2cc(C(=O)N3C[C@@H]4CCS(=O)(=O)[C@@H]4C3)oc12. The summed E-state index contributed by atoms with van der Waals surface area (Å²) in [6.45, 7) is 0.693. The number of amides is 1. The van der Waals surface area contributed by atoms with Gasteiger partial charge in [0.2, 0.25) is 0 Å². The number of methoxy groups -OCH3 is 1. The Morgan fingerprint density at radius 3 is 2.83 bits per heavy atom. The van der Waals surface area contributed by atoms with Crippen LogP contribution in [0.1, 0.15) is 17.0 Å². The molecule has 0 aliphatic carbocycles. The van der Waals surface area contributed by atoms with Crippen LogP contribution in [0.15, 0.2) is 22.6 Å². The van der Waals surface area contributed by atoms with E-state index in [0.717, 1.165) is 0 Å². The molecule has 0 unspecified atom stereocenters. The molecule has 3 heterocycles. The quantitative estimate of drug-likeness (QED) is 0.812. The van der Waals surface area contributed by atoms with Crippen molar-refractivity contribution in [2.45, 2.75) is 11.7 Å². The van der Waals surface area contributed by atoms with Crippen LogP contribution in [0.3, 0.4) is 0 Å². The molecular weight excluding hydrogens is 354 g/mol. The Labute approximate surface area is 144 Å². The zero-order chi connectivity index (χ0) is 17.1. The first-order chi connectivity index (χ1) is 11.4. The van der Waals surface area contributed by atoms with Crippen LogP contribution in [-0.2, 0) is 9.84 Å². The predicted octanol–water partition coefficient (Wildman–Crippen LogP) is 2.35. The number of likely N-dealkylation sites (tertiary alicyclic amines) is 1. The molecule has 0 bridgehead atoms. The summed E-state index contributed by atoms with van der Waals surface area (Å²) < 4.78 is 34.9. The highest BCUT2D eigenvalue weighted by atomic mass is 35.5. The second kappa shape index (κ2) is 5.39. The van der Waals surface area contributed by atoms with E-state index in [2.05, 4.69) is 0 Å². The zero-order valence-electron chi connectivity index (χ0n) is 13.0. The molecular formula is C16H16ClNO5S. The van der Waals surface area contributed by atoms with Crippen LogP contribution in [0.4, 0.5) is 0 Å². The highest BCUT2D eigenvalue weighted by molar-refractivity contribution is 7.92. The van der Waals surface area contributed by atoms with Gasteiger partial charge in [0.1, 0.15) is 0 Å². The van der Waals surface area contributed by atoms with Crippen molar-refractivity contribution >= 4 is 38.3 Å². The van der Waals surface area contributed by atoms with Crippen molar-refractivity contribution in [3.05, 3.63) is 29.0 Å². The lowest BCUT2D eigenvalue weighted by Gasteiger charge is -2.15. The first-order valence-corrected chi connectivity index (χ1v) is 9.76. The van der Waals surface area contributed by atoms with Crippen LogP contribution >= 0.6 is 11.6 Å². The number of rotatable bonds is 2. The molecule has 2 aliphatic rings. The summed E-state index contributed by atoms with van der Waals surface area (Å²) >= 11 is 6.03. The molecule has 4 rings (SSSR count). The Kier molecular flexibility index (Phi) is 3.54. The minimum Gasteiger partial charge on any atom is -0.493 e. The summed E-state index contributed by atoms with van der Waals surface area (Å²) in [5.41, 5.74) is 0.456. The molecule has 1 aromatic carbocycles. The van der Waals surface area contributed by atoms with E-state index in [9.17, 15) is 13.2 Å². The summed E-state index contributed by atoms with van der Waals surface area (Å²) in [6.07, 6.45) is 0.625. The summed E-state index contributed by atoms with van der Waals surface area (Å²) in [5, 5.41) is 0.727. The van der Waals surface area contributed by atoms with Gasteiger partial charge in [-0.15, -0.1) is 0 Å². The van der Waals surface area contributed by atoms with E-state index in [4.69, 9.17) is 20.8 Å². The number of carbonyl (C=O) groups excluding carboxylic acids is 1. The summed E-state index contributed by atoms with van der Waals surface area (Å²) in [6, 6.07) is 4.94. The van der Waals surface area contributed by atoms with Gasteiger partial charge in [-0.25, -0.2) is 8.42 Å². The number of sulfone groups is 1. The van der Waals surface area contributed by atoms with Gasteiger partial charge in [-0.3, -0.25) is 4.79 Å². The van der Waals surface area contributed by atoms with Crippen molar-refractivity contribution in [3.63, 3.8) is 0 Å². The number of furan rings is 1. The Bertz CT molecular complexity index is 935. The van der Waals surface area contributed by atoms with E-state index in [1.165, 1.54) is 7.11 Å². The number of benzene rings is 1. The molecule has 0 saturated carbocycles. The van der Waals surface area contributed by atoms with Gasteiger partial charge in [0.05, 0.1) is 18.1 Å². The van der Waals surface area contributed by atoms with Crippen LogP contribution in [0.5, 0.6) is 5.75 Å². The fraction of sp³-hybridized carbons (Fsp3) is 0.438. The maximum Gasteiger partial charge on any atom is 0.289 e. The first-order valence-electron chi connectivity index (χ1n) is 7.67. The van der Waals surface area contributed by atoms with E-state index >= 15 is 0 Å². The summed E-state index contributed by atoms with van der Waals surface area (Å²) in [5.74, 6) is 0.590. The van der Waals surface area contributed by atoms with Crippen molar-refractivity contribution in [2.24, 2.45) is 5.92 Å². The fourth-order valence-electron chi connectivity index (χ4n) is 3.66. The molecule has 0 radical (unpaired) electrons. The molecule has 2 aromatic rings. The molecule has 8 heteroatoms. The number of halogens is 1. The molecule has 1 aromatic heterocycles. The smallest absolute Gasteiger partial charge is 0.289 e. The molecule has 6 nitrogen and oxygen atoms in total. The van der Waals surface area contributed by atoms with Crippen LogP contribution in [0.25, 0.3) is 11.0 Å². The second-order valence-corrected chi connectivity index (χ2v) is 9.08. The number of hydrogen-bond donors (Lipinski definition) is 0. The third-order valence-electron chi connectivity index (χ3n) is 4.88. The van der Waals surface area contributed by atoms with Gasteiger partial charge in [0, 0.05) is 29.6 Å². The maximum atomic E-state index is 12.7. The van der Waals surface area contributed by atoms with Gasteiger partial charge in [-0.2, -0.15) is 0 Å². The lowest BCUT2D eigenvalue weighted by Crippen LogP contribution is -2.31. The van der Waals surface area contributed by atoms with Crippen molar-refractivity contribution in [1.82, 2.24) is 4.90 Å². The monoisotopic (exact) mass is 369 g/mol. The number of carbonyl (C=O) groups is 1. The average Bonchev–Trinajstić information content (AvgIpc) is 3.21. The van der Waals surface area contributed by atoms with Crippen LogP contribution < -0.4 is 4.74 Å². The van der Waals surface area contributed by atoms with Gasteiger partial charge < -0.3 is 14.1 Å². The van der Waals surface area contributed by atoms with E-state index < -0.39 is 15.1 Å². The largest absolute Gasteiger partial charge is 0.493 e. The lowest BCUT2D eigenvalue weighted by molar-refractivity contribution is 0.0757. The van der Waals surface area contributed by atoms with E-state index in [1.807, 2.05) is 0 Å². The van der Waals surface area contributed by atoms with Gasteiger partial charge >= 0.3 is 0 Å². The third-order valence-corrected chi connectivity index (χ3v) is 7.36. The van der Waals surface area contributed by atoms with E-state index in [0.29, 0.717) is 34.7 Å². The lowest BCUT2D eigenvalue weighted by atomic mass is 10.1.